The van der Waals surface area contributed by atoms with Gasteiger partial charge in [0.1, 0.15) is 0 Å². The first-order valence-corrected chi connectivity index (χ1v) is 6.96. The van der Waals surface area contributed by atoms with Gasteiger partial charge in [-0.25, -0.2) is 0 Å². The van der Waals surface area contributed by atoms with Crippen LogP contribution in [0.2, 0.25) is 0 Å². The van der Waals surface area contributed by atoms with E-state index in [9.17, 15) is 0 Å². The molecule has 2 N–H and O–H groups in total. The van der Waals surface area contributed by atoms with Gasteiger partial charge in [-0.05, 0) is 34.7 Å². The van der Waals surface area contributed by atoms with Gasteiger partial charge in [0.15, 0.2) is 0 Å². The van der Waals surface area contributed by atoms with Crippen LogP contribution in [0.15, 0.2) is 42.5 Å². The van der Waals surface area contributed by atoms with Crippen LogP contribution in [0.1, 0.15) is 44.7 Å². The summed E-state index contributed by atoms with van der Waals surface area (Å²) in [6, 6.07) is 15.2. The van der Waals surface area contributed by atoms with Crippen molar-refractivity contribution < 1.29 is 0 Å². The lowest BCUT2D eigenvalue weighted by atomic mass is 9.90. The smallest absolute Gasteiger partial charge is 0.0321 e. The molecular weight excluding hydrogens is 218 g/mol. The molecule has 18 heavy (non-hydrogen) atoms. The van der Waals surface area contributed by atoms with E-state index in [1.54, 1.807) is 0 Å². The van der Waals surface area contributed by atoms with Gasteiger partial charge >= 0.3 is 0 Å². The molecule has 0 fully saturated rings. The van der Waals surface area contributed by atoms with Crippen LogP contribution < -0.4 is 5.73 Å². The zero-order valence-corrected chi connectivity index (χ0v) is 11.4. The highest BCUT2D eigenvalue weighted by Crippen LogP contribution is 2.26. The number of rotatable bonds is 5. The third-order valence-electron chi connectivity index (χ3n) is 3.78. The summed E-state index contributed by atoms with van der Waals surface area (Å²) in [5.74, 6) is 0.547. The Morgan fingerprint density at radius 1 is 1.06 bits per heavy atom. The topological polar surface area (TPSA) is 26.0 Å². The summed E-state index contributed by atoms with van der Waals surface area (Å²) in [5, 5.41) is 2.57. The molecule has 2 rings (SSSR count). The number of benzene rings is 2. The predicted molar refractivity (Wildman–Crippen MR) is 79.6 cm³/mol. The van der Waals surface area contributed by atoms with E-state index in [2.05, 4.69) is 56.3 Å². The molecule has 0 aromatic heterocycles. The lowest BCUT2D eigenvalue weighted by Crippen LogP contribution is -2.19. The number of hydrogen-bond acceptors (Lipinski definition) is 1. The van der Waals surface area contributed by atoms with Crippen LogP contribution in [-0.4, -0.2) is 0 Å². The molecule has 96 valence electrons. The molecule has 0 aliphatic carbocycles. The molecule has 1 nitrogen and oxygen atoms in total. The summed E-state index contributed by atoms with van der Waals surface area (Å²) in [4.78, 5) is 0. The number of unbranched alkanes of at least 4 members (excludes halogenated alkanes) is 1. The van der Waals surface area contributed by atoms with Gasteiger partial charge in [0.25, 0.3) is 0 Å². The van der Waals surface area contributed by atoms with Gasteiger partial charge in [-0.2, -0.15) is 0 Å². The van der Waals surface area contributed by atoms with Crippen LogP contribution in [0, 0.1) is 5.92 Å². The average molecular weight is 241 g/mol. The minimum Gasteiger partial charge on any atom is -0.324 e. The second-order valence-corrected chi connectivity index (χ2v) is 5.25. The summed E-state index contributed by atoms with van der Waals surface area (Å²) < 4.78 is 0. The highest BCUT2D eigenvalue weighted by atomic mass is 14.6. The van der Waals surface area contributed by atoms with E-state index in [1.165, 1.54) is 35.6 Å². The van der Waals surface area contributed by atoms with Gasteiger partial charge in [-0.3, -0.25) is 0 Å². The summed E-state index contributed by atoms with van der Waals surface area (Å²) in [6.45, 7) is 4.49. The van der Waals surface area contributed by atoms with Crippen LogP contribution >= 0.6 is 0 Å². The van der Waals surface area contributed by atoms with Crippen LogP contribution in [0.4, 0.5) is 0 Å². The highest BCUT2D eigenvalue weighted by Gasteiger charge is 2.14. The zero-order valence-electron chi connectivity index (χ0n) is 11.4. The molecule has 0 saturated carbocycles. The summed E-state index contributed by atoms with van der Waals surface area (Å²) in [7, 11) is 0. The van der Waals surface area contributed by atoms with Crippen LogP contribution in [-0.2, 0) is 0 Å². The average Bonchev–Trinajstić information content (AvgIpc) is 2.43. The Labute approximate surface area is 110 Å². The highest BCUT2D eigenvalue weighted by molar-refractivity contribution is 5.83. The number of nitrogens with two attached hydrogens (primary N) is 1. The molecule has 0 radical (unpaired) electrons. The maximum Gasteiger partial charge on any atom is 0.0321 e. The van der Waals surface area contributed by atoms with E-state index >= 15 is 0 Å². The van der Waals surface area contributed by atoms with Crippen molar-refractivity contribution in [3.63, 3.8) is 0 Å². The summed E-state index contributed by atoms with van der Waals surface area (Å²) in [5.41, 5.74) is 7.63. The van der Waals surface area contributed by atoms with E-state index in [-0.39, 0.29) is 6.04 Å². The van der Waals surface area contributed by atoms with Crippen molar-refractivity contribution in [1.29, 1.82) is 0 Å². The van der Waals surface area contributed by atoms with Gasteiger partial charge in [0.2, 0.25) is 0 Å². The van der Waals surface area contributed by atoms with Crippen molar-refractivity contribution in [2.75, 3.05) is 0 Å². The van der Waals surface area contributed by atoms with Crippen molar-refractivity contribution in [3.05, 3.63) is 48.0 Å². The summed E-state index contributed by atoms with van der Waals surface area (Å²) >= 11 is 0. The van der Waals surface area contributed by atoms with E-state index in [0.717, 1.165) is 0 Å². The molecule has 0 bridgehead atoms. The third kappa shape index (κ3) is 2.91. The molecule has 0 amide bonds. The predicted octanol–water partition coefficient (Wildman–Crippen LogP) is 4.67. The minimum atomic E-state index is 0.154. The SMILES string of the molecule is CCCCC(C)C(N)c1ccc2ccccc2c1. The molecular formula is C17H23N. The third-order valence-corrected chi connectivity index (χ3v) is 3.78. The van der Waals surface area contributed by atoms with Crippen LogP contribution in [0.5, 0.6) is 0 Å². The Hall–Kier alpha value is -1.34. The molecule has 2 aromatic carbocycles. The second kappa shape index (κ2) is 6.01. The molecule has 0 heterocycles. The Bertz CT molecular complexity index is 504. The minimum absolute atomic E-state index is 0.154. The van der Waals surface area contributed by atoms with E-state index in [4.69, 9.17) is 5.73 Å². The Balaban J connectivity index is 2.19. The standard InChI is InChI=1S/C17H23N/c1-3-4-7-13(2)17(18)16-11-10-14-8-5-6-9-15(14)12-16/h5-6,8-13,17H,3-4,7,18H2,1-2H3. The van der Waals surface area contributed by atoms with Gasteiger partial charge in [0.05, 0.1) is 0 Å². The fourth-order valence-electron chi connectivity index (χ4n) is 2.45. The molecule has 2 atom stereocenters. The first-order valence-electron chi connectivity index (χ1n) is 6.96. The van der Waals surface area contributed by atoms with Gasteiger partial charge in [0, 0.05) is 6.04 Å². The van der Waals surface area contributed by atoms with Crippen LogP contribution in [0.3, 0.4) is 0 Å². The second-order valence-electron chi connectivity index (χ2n) is 5.25. The fraction of sp³-hybridized carbons (Fsp3) is 0.412. The molecule has 2 aromatic rings. The van der Waals surface area contributed by atoms with Crippen LogP contribution in [0.25, 0.3) is 10.8 Å². The van der Waals surface area contributed by atoms with Crippen molar-refractivity contribution in [1.82, 2.24) is 0 Å². The Morgan fingerprint density at radius 2 is 1.78 bits per heavy atom. The van der Waals surface area contributed by atoms with E-state index in [0.29, 0.717) is 5.92 Å². The maximum absolute atomic E-state index is 6.37. The first kappa shape index (κ1) is 13.1. The van der Waals surface area contributed by atoms with Gasteiger partial charge in [-0.15, -0.1) is 0 Å². The maximum atomic E-state index is 6.37. The van der Waals surface area contributed by atoms with Crippen molar-refractivity contribution in [2.45, 2.75) is 39.2 Å². The van der Waals surface area contributed by atoms with Gasteiger partial charge in [-0.1, -0.05) is 63.1 Å². The fourth-order valence-corrected chi connectivity index (χ4v) is 2.45. The Kier molecular flexibility index (Phi) is 4.38. The quantitative estimate of drug-likeness (QED) is 0.809. The van der Waals surface area contributed by atoms with Crippen molar-refractivity contribution >= 4 is 10.8 Å². The Morgan fingerprint density at radius 3 is 2.50 bits per heavy atom. The van der Waals surface area contributed by atoms with E-state index < -0.39 is 0 Å². The normalized spacial score (nSPS) is 14.6. The van der Waals surface area contributed by atoms with E-state index in [1.807, 2.05) is 0 Å². The monoisotopic (exact) mass is 241 g/mol. The summed E-state index contributed by atoms with van der Waals surface area (Å²) in [6.07, 6.45) is 3.72. The lowest BCUT2D eigenvalue weighted by molar-refractivity contribution is 0.423. The van der Waals surface area contributed by atoms with Crippen molar-refractivity contribution in [2.24, 2.45) is 11.7 Å². The molecule has 0 saturated heterocycles. The number of fused-ring (bicyclic) bond motifs is 1. The lowest BCUT2D eigenvalue weighted by Gasteiger charge is -2.20. The number of hydrogen-bond donors (Lipinski definition) is 1. The molecule has 1 heteroatoms. The largest absolute Gasteiger partial charge is 0.324 e. The van der Waals surface area contributed by atoms with Crippen molar-refractivity contribution in [3.8, 4) is 0 Å². The zero-order chi connectivity index (χ0) is 13.0. The molecule has 0 aliphatic heterocycles. The molecule has 0 spiro atoms. The molecule has 0 aliphatic rings. The first-order chi connectivity index (χ1) is 8.72. The molecule has 2 unspecified atom stereocenters. The van der Waals surface area contributed by atoms with Gasteiger partial charge < -0.3 is 5.73 Å².